The van der Waals surface area contributed by atoms with E-state index in [1.54, 1.807) is 0 Å². The third-order valence-corrected chi connectivity index (χ3v) is 2.93. The van der Waals surface area contributed by atoms with Crippen LogP contribution in [0.15, 0.2) is 18.3 Å². The summed E-state index contributed by atoms with van der Waals surface area (Å²) in [6.07, 6.45) is 1.88. The van der Waals surface area contributed by atoms with E-state index in [2.05, 4.69) is 43.2 Å². The molecular formula is C12H20N2S. The highest BCUT2D eigenvalue weighted by Gasteiger charge is 1.98. The Morgan fingerprint density at radius 3 is 2.93 bits per heavy atom. The van der Waals surface area contributed by atoms with Crippen molar-refractivity contribution in [2.45, 2.75) is 26.5 Å². The Balaban J connectivity index is 2.50. The van der Waals surface area contributed by atoms with E-state index in [-0.39, 0.29) is 0 Å². The summed E-state index contributed by atoms with van der Waals surface area (Å²) in [7, 11) is 0. The van der Waals surface area contributed by atoms with Crippen molar-refractivity contribution >= 4 is 17.6 Å². The molecule has 84 valence electrons. The lowest BCUT2D eigenvalue weighted by molar-refractivity contribution is 0.687. The van der Waals surface area contributed by atoms with Crippen molar-refractivity contribution in [1.82, 2.24) is 4.98 Å². The lowest BCUT2D eigenvalue weighted by Gasteiger charge is -2.09. The molecule has 0 aliphatic heterocycles. The van der Waals surface area contributed by atoms with Crippen LogP contribution in [0.3, 0.4) is 0 Å². The molecule has 0 radical (unpaired) electrons. The molecule has 0 bridgehead atoms. The van der Waals surface area contributed by atoms with Crippen LogP contribution in [-0.2, 0) is 5.75 Å². The molecule has 0 atom stereocenters. The van der Waals surface area contributed by atoms with Crippen molar-refractivity contribution in [1.29, 1.82) is 0 Å². The average molecular weight is 224 g/mol. The molecule has 0 aromatic carbocycles. The van der Waals surface area contributed by atoms with E-state index in [1.165, 1.54) is 5.56 Å². The van der Waals surface area contributed by atoms with Crippen LogP contribution < -0.4 is 5.32 Å². The van der Waals surface area contributed by atoms with Crippen LogP contribution >= 0.6 is 11.8 Å². The van der Waals surface area contributed by atoms with Crippen LogP contribution in [0.2, 0.25) is 0 Å². The number of rotatable bonds is 6. The van der Waals surface area contributed by atoms with E-state index in [9.17, 15) is 0 Å². The second kappa shape index (κ2) is 6.72. The standard InChI is InChI=1S/C12H20N2S/c1-4-15-9-11-5-6-13-12(7-11)14-8-10(2)3/h5-7,10H,4,8-9H2,1-3H3,(H,13,14). The first-order valence-electron chi connectivity index (χ1n) is 5.49. The largest absolute Gasteiger partial charge is 0.370 e. The number of pyridine rings is 1. The highest BCUT2D eigenvalue weighted by molar-refractivity contribution is 7.98. The van der Waals surface area contributed by atoms with E-state index in [1.807, 2.05) is 18.0 Å². The quantitative estimate of drug-likeness (QED) is 0.801. The monoisotopic (exact) mass is 224 g/mol. The Bertz CT molecular complexity index is 287. The van der Waals surface area contributed by atoms with E-state index in [0.717, 1.165) is 23.9 Å². The van der Waals surface area contributed by atoms with Crippen molar-refractivity contribution in [3.8, 4) is 0 Å². The van der Waals surface area contributed by atoms with Gasteiger partial charge in [0.2, 0.25) is 0 Å². The summed E-state index contributed by atoms with van der Waals surface area (Å²) < 4.78 is 0. The molecule has 0 unspecified atom stereocenters. The number of anilines is 1. The van der Waals surface area contributed by atoms with Crippen molar-refractivity contribution in [3.63, 3.8) is 0 Å². The fraction of sp³-hybridized carbons (Fsp3) is 0.583. The summed E-state index contributed by atoms with van der Waals surface area (Å²) in [5.74, 6) is 3.89. The molecule has 0 saturated carbocycles. The molecule has 1 N–H and O–H groups in total. The Morgan fingerprint density at radius 1 is 1.47 bits per heavy atom. The van der Waals surface area contributed by atoms with Gasteiger partial charge in [-0.1, -0.05) is 20.8 Å². The molecule has 1 rings (SSSR count). The van der Waals surface area contributed by atoms with Crippen LogP contribution in [0.4, 0.5) is 5.82 Å². The molecule has 0 amide bonds. The number of hydrogen-bond acceptors (Lipinski definition) is 3. The second-order valence-electron chi connectivity index (χ2n) is 3.96. The van der Waals surface area contributed by atoms with Gasteiger partial charge in [-0.2, -0.15) is 11.8 Å². The minimum absolute atomic E-state index is 0.653. The SMILES string of the molecule is CCSCc1ccnc(NCC(C)C)c1. The highest BCUT2D eigenvalue weighted by Crippen LogP contribution is 2.14. The summed E-state index contributed by atoms with van der Waals surface area (Å²) in [6.45, 7) is 7.56. The molecular weight excluding hydrogens is 204 g/mol. The summed E-state index contributed by atoms with van der Waals surface area (Å²) in [4.78, 5) is 4.30. The van der Waals surface area contributed by atoms with Gasteiger partial charge in [-0.05, 0) is 29.4 Å². The predicted octanol–water partition coefficient (Wildman–Crippen LogP) is 3.40. The van der Waals surface area contributed by atoms with E-state index in [0.29, 0.717) is 5.92 Å². The smallest absolute Gasteiger partial charge is 0.126 e. The van der Waals surface area contributed by atoms with Crippen molar-refractivity contribution in [2.75, 3.05) is 17.6 Å². The Kier molecular flexibility index (Phi) is 5.54. The maximum atomic E-state index is 4.30. The molecule has 3 heteroatoms. The molecule has 0 spiro atoms. The summed E-state index contributed by atoms with van der Waals surface area (Å²) >= 11 is 1.94. The molecule has 0 saturated heterocycles. The van der Waals surface area contributed by atoms with E-state index < -0.39 is 0 Å². The maximum absolute atomic E-state index is 4.30. The third-order valence-electron chi connectivity index (χ3n) is 1.99. The molecule has 1 heterocycles. The Morgan fingerprint density at radius 2 is 2.27 bits per heavy atom. The summed E-state index contributed by atoms with van der Waals surface area (Å²) in [6, 6.07) is 4.23. The normalized spacial score (nSPS) is 10.7. The average Bonchev–Trinajstić information content (AvgIpc) is 2.24. The number of nitrogens with one attached hydrogen (secondary N) is 1. The molecule has 15 heavy (non-hydrogen) atoms. The molecule has 1 aromatic rings. The van der Waals surface area contributed by atoms with Crippen molar-refractivity contribution < 1.29 is 0 Å². The van der Waals surface area contributed by atoms with E-state index >= 15 is 0 Å². The first kappa shape index (κ1) is 12.4. The number of aromatic nitrogens is 1. The first-order chi connectivity index (χ1) is 7.22. The molecule has 1 aromatic heterocycles. The van der Waals surface area contributed by atoms with Gasteiger partial charge in [-0.15, -0.1) is 0 Å². The molecule has 0 aliphatic rings. The fourth-order valence-corrected chi connectivity index (χ4v) is 1.81. The van der Waals surface area contributed by atoms with Gasteiger partial charge in [0.15, 0.2) is 0 Å². The minimum Gasteiger partial charge on any atom is -0.370 e. The Hall–Kier alpha value is -0.700. The molecule has 2 nitrogen and oxygen atoms in total. The van der Waals surface area contributed by atoms with E-state index in [4.69, 9.17) is 0 Å². The predicted molar refractivity (Wildman–Crippen MR) is 69.4 cm³/mol. The first-order valence-corrected chi connectivity index (χ1v) is 6.64. The van der Waals surface area contributed by atoms with Crippen molar-refractivity contribution in [3.05, 3.63) is 23.9 Å². The van der Waals surface area contributed by atoms with Crippen LogP contribution in [0.5, 0.6) is 0 Å². The zero-order chi connectivity index (χ0) is 11.1. The summed E-state index contributed by atoms with van der Waals surface area (Å²) in [5, 5.41) is 3.34. The zero-order valence-corrected chi connectivity index (χ0v) is 10.6. The Labute approximate surface area is 96.9 Å². The summed E-state index contributed by atoms with van der Waals surface area (Å²) in [5.41, 5.74) is 1.35. The van der Waals surface area contributed by atoms with Crippen LogP contribution in [0.25, 0.3) is 0 Å². The van der Waals surface area contributed by atoms with Crippen LogP contribution in [0.1, 0.15) is 26.3 Å². The second-order valence-corrected chi connectivity index (χ2v) is 5.24. The number of nitrogens with zero attached hydrogens (tertiary/aromatic N) is 1. The lowest BCUT2D eigenvalue weighted by Crippen LogP contribution is -2.09. The third kappa shape index (κ3) is 5.07. The highest BCUT2D eigenvalue weighted by atomic mass is 32.2. The number of hydrogen-bond donors (Lipinski definition) is 1. The molecule has 0 fully saturated rings. The maximum Gasteiger partial charge on any atom is 0.126 e. The fourth-order valence-electron chi connectivity index (χ4n) is 1.19. The van der Waals surface area contributed by atoms with Crippen LogP contribution in [0, 0.1) is 5.92 Å². The van der Waals surface area contributed by atoms with Gasteiger partial charge in [-0.3, -0.25) is 0 Å². The van der Waals surface area contributed by atoms with Gasteiger partial charge in [0, 0.05) is 18.5 Å². The van der Waals surface area contributed by atoms with Gasteiger partial charge < -0.3 is 5.32 Å². The van der Waals surface area contributed by atoms with Crippen LogP contribution in [-0.4, -0.2) is 17.3 Å². The van der Waals surface area contributed by atoms with Gasteiger partial charge >= 0.3 is 0 Å². The topological polar surface area (TPSA) is 24.9 Å². The van der Waals surface area contributed by atoms with Gasteiger partial charge in [-0.25, -0.2) is 4.98 Å². The zero-order valence-electron chi connectivity index (χ0n) is 9.79. The lowest BCUT2D eigenvalue weighted by atomic mass is 10.2. The minimum atomic E-state index is 0.653. The molecule has 0 aliphatic carbocycles. The van der Waals surface area contributed by atoms with Gasteiger partial charge in [0.1, 0.15) is 5.82 Å². The number of thioether (sulfide) groups is 1. The van der Waals surface area contributed by atoms with Gasteiger partial charge in [0.25, 0.3) is 0 Å². The van der Waals surface area contributed by atoms with Crippen molar-refractivity contribution in [2.24, 2.45) is 5.92 Å². The van der Waals surface area contributed by atoms with Gasteiger partial charge in [0.05, 0.1) is 0 Å².